The number of anilines is 1. The fraction of sp³-hybridized carbons (Fsp3) is 0.452. The van der Waals surface area contributed by atoms with Gasteiger partial charge in [0.15, 0.2) is 28.6 Å². The molecule has 7 N–H and O–H groups in total. The molecule has 1 aromatic heterocycles. The number of carboxylic acid groups (broad SMARTS) is 1. The molecule has 2 aromatic rings. The molecule has 50 heavy (non-hydrogen) atoms. The monoisotopic (exact) mass is 732 g/mol. The van der Waals surface area contributed by atoms with Gasteiger partial charge < -0.3 is 45.7 Å². The summed E-state index contributed by atoms with van der Waals surface area (Å²) in [7, 11) is 1.28. The van der Waals surface area contributed by atoms with E-state index in [0.29, 0.717) is 29.6 Å². The highest BCUT2D eigenvalue weighted by atomic mass is 32.2. The quantitative estimate of drug-likeness (QED) is 0.0390. The van der Waals surface area contributed by atoms with Crippen LogP contribution < -0.4 is 21.1 Å². The molecule has 0 bridgehead atoms. The number of rotatable bonds is 14. The summed E-state index contributed by atoms with van der Waals surface area (Å²) in [6, 6.07) is 1.56. The molecular formula is C31H38N7O10S2+. The number of carbonyl (C=O) groups excluding carboxylic acids is 4. The van der Waals surface area contributed by atoms with Crippen molar-refractivity contribution in [3.8, 4) is 17.2 Å². The van der Waals surface area contributed by atoms with Gasteiger partial charge >= 0.3 is 5.97 Å². The number of aldehydes is 1. The molecule has 0 saturated carbocycles. The number of oxime groups is 1. The highest BCUT2D eigenvalue weighted by Gasteiger charge is 2.53. The maximum Gasteiger partial charge on any atom is 0.350 e. The topological polar surface area (TPSA) is 243 Å². The largest absolute Gasteiger partial charge is 0.504 e. The molecule has 3 aliphatic rings. The summed E-state index contributed by atoms with van der Waals surface area (Å²) in [6.45, 7) is 5.42. The summed E-state index contributed by atoms with van der Waals surface area (Å²) in [6.07, 6.45) is 2.56. The molecule has 3 amide bonds. The van der Waals surface area contributed by atoms with Gasteiger partial charge in [-0.15, -0.1) is 23.1 Å². The number of hydrogen-bond donors (Lipinski definition) is 6. The Labute approximate surface area is 294 Å². The molecular weight excluding hydrogens is 695 g/mol. The number of benzene rings is 1. The van der Waals surface area contributed by atoms with Gasteiger partial charge in [-0.25, -0.2) is 9.78 Å². The van der Waals surface area contributed by atoms with Gasteiger partial charge in [-0.3, -0.25) is 24.1 Å². The number of aromatic nitrogens is 1. The Morgan fingerprint density at radius 3 is 2.58 bits per heavy atom. The first-order valence-electron chi connectivity index (χ1n) is 15.6. The van der Waals surface area contributed by atoms with Gasteiger partial charge in [0.1, 0.15) is 23.7 Å². The number of likely N-dealkylation sites (tertiary alicyclic amines) is 1. The summed E-state index contributed by atoms with van der Waals surface area (Å²) in [5.41, 5.74) is 4.74. The Kier molecular flexibility index (Phi) is 10.6. The number of methoxy groups -OCH3 is 1. The van der Waals surface area contributed by atoms with Crippen LogP contribution in [0.3, 0.4) is 0 Å². The number of nitrogens with zero attached hydrogens (tertiary/aromatic N) is 4. The maximum absolute atomic E-state index is 13.4. The zero-order valence-corrected chi connectivity index (χ0v) is 29.1. The third-order valence-corrected chi connectivity index (χ3v) is 10.8. The number of aliphatic carboxylic acids is 1. The van der Waals surface area contributed by atoms with Crippen LogP contribution in [0.2, 0.25) is 0 Å². The number of nitrogens with two attached hydrogens (primary N) is 1. The minimum atomic E-state index is -1.76. The van der Waals surface area contributed by atoms with E-state index in [4.69, 9.17) is 15.3 Å². The zero-order chi connectivity index (χ0) is 36.4. The number of fused-ring (bicyclic) bond motifs is 1. The van der Waals surface area contributed by atoms with Crippen molar-refractivity contribution >= 4 is 63.9 Å². The molecule has 0 spiro atoms. The molecule has 2 atom stereocenters. The van der Waals surface area contributed by atoms with Gasteiger partial charge in [0.2, 0.25) is 11.4 Å². The van der Waals surface area contributed by atoms with E-state index < -0.39 is 52.2 Å². The lowest BCUT2D eigenvalue weighted by Crippen LogP contribution is -2.71. The predicted octanol–water partition coefficient (Wildman–Crippen LogP) is 0.623. The number of thiazole rings is 1. The third kappa shape index (κ3) is 7.19. The van der Waals surface area contributed by atoms with Crippen molar-refractivity contribution in [2.24, 2.45) is 5.16 Å². The van der Waals surface area contributed by atoms with Crippen LogP contribution >= 0.6 is 23.1 Å². The van der Waals surface area contributed by atoms with E-state index in [1.807, 2.05) is 0 Å². The van der Waals surface area contributed by atoms with Crippen molar-refractivity contribution in [2.75, 3.05) is 51.3 Å². The van der Waals surface area contributed by atoms with Crippen molar-refractivity contribution in [2.45, 2.75) is 43.7 Å². The minimum Gasteiger partial charge on any atom is -0.504 e. The number of carbonyl (C=O) groups is 5. The van der Waals surface area contributed by atoms with Crippen LogP contribution in [0.5, 0.6) is 17.2 Å². The number of allylic oxidation sites excluding steroid dienone is 1. The van der Waals surface area contributed by atoms with Crippen LogP contribution in [0.15, 0.2) is 33.9 Å². The Hall–Kier alpha value is -4.88. The first kappa shape index (κ1) is 36.4. The summed E-state index contributed by atoms with van der Waals surface area (Å²) in [5, 5.41) is 39.5. The molecule has 4 heterocycles. The molecule has 2 saturated heterocycles. The number of amides is 3. The zero-order valence-electron chi connectivity index (χ0n) is 27.5. The number of phenolic OH excluding ortho intramolecular Hbond substituents is 2. The van der Waals surface area contributed by atoms with Crippen LogP contribution in [-0.4, -0.2) is 128 Å². The number of aromatic hydroxyl groups is 2. The summed E-state index contributed by atoms with van der Waals surface area (Å²) in [4.78, 5) is 74.3. The van der Waals surface area contributed by atoms with Crippen LogP contribution in [0.4, 0.5) is 5.13 Å². The normalized spacial score (nSPS) is 20.1. The van der Waals surface area contributed by atoms with Crippen molar-refractivity contribution in [1.29, 1.82) is 0 Å². The Morgan fingerprint density at radius 2 is 1.96 bits per heavy atom. The number of β-lactam (4-membered cyclic amide) rings is 1. The van der Waals surface area contributed by atoms with Crippen LogP contribution in [0, 0.1) is 0 Å². The summed E-state index contributed by atoms with van der Waals surface area (Å²) >= 11 is 2.43. The smallest absolute Gasteiger partial charge is 0.350 e. The Morgan fingerprint density at radius 1 is 1.24 bits per heavy atom. The molecule has 2 fully saturated rings. The number of phenols is 2. The second-order valence-corrected chi connectivity index (χ2v) is 14.5. The second kappa shape index (κ2) is 14.5. The Bertz CT molecular complexity index is 1770. The molecule has 268 valence electrons. The lowest BCUT2D eigenvalue weighted by Gasteiger charge is -2.50. The number of ether oxygens (including phenoxy) is 1. The highest BCUT2D eigenvalue weighted by Crippen LogP contribution is 2.41. The SMILES string of the molecule is COc1c(C(=O)NCC[N+]2(CC3=C(C=O)N4C(=O)[C@@H](NC(=O)/C(=N\OC(C)(C)C(=O)O)c5csc(N)n5)[C@H]4SC3)CCCC2)ccc(O)c1O. The molecule has 3 aliphatic heterocycles. The number of quaternary nitrogens is 1. The Balaban J connectivity index is 1.27. The predicted molar refractivity (Wildman–Crippen MR) is 182 cm³/mol. The first-order chi connectivity index (χ1) is 23.7. The number of nitrogen functional groups attached to an aromatic ring is 1. The molecule has 17 nitrogen and oxygen atoms in total. The van der Waals surface area contributed by atoms with E-state index in [0.717, 1.165) is 42.8 Å². The highest BCUT2D eigenvalue weighted by molar-refractivity contribution is 8.00. The van der Waals surface area contributed by atoms with E-state index in [1.54, 1.807) is 0 Å². The maximum atomic E-state index is 13.4. The minimum absolute atomic E-state index is 0.0399. The van der Waals surface area contributed by atoms with Gasteiger partial charge in [0.05, 0.1) is 44.5 Å². The van der Waals surface area contributed by atoms with E-state index in [1.165, 1.54) is 55.1 Å². The van der Waals surface area contributed by atoms with Gasteiger partial charge in [-0.1, -0.05) is 5.16 Å². The lowest BCUT2D eigenvalue weighted by atomic mass is 10.0. The lowest BCUT2D eigenvalue weighted by molar-refractivity contribution is -0.911. The van der Waals surface area contributed by atoms with E-state index in [2.05, 4.69) is 20.8 Å². The molecule has 0 aliphatic carbocycles. The van der Waals surface area contributed by atoms with E-state index in [9.17, 15) is 39.3 Å². The third-order valence-electron chi connectivity index (χ3n) is 8.82. The molecule has 0 unspecified atom stereocenters. The molecule has 1 aromatic carbocycles. The number of nitrogens with one attached hydrogen (secondary N) is 2. The van der Waals surface area contributed by atoms with Crippen LogP contribution in [-0.2, 0) is 24.0 Å². The van der Waals surface area contributed by atoms with Crippen molar-refractivity contribution in [3.05, 3.63) is 40.0 Å². The van der Waals surface area contributed by atoms with E-state index in [-0.39, 0.29) is 40.1 Å². The molecule has 5 rings (SSSR count). The fourth-order valence-corrected chi connectivity index (χ4v) is 7.95. The molecule has 19 heteroatoms. The first-order valence-corrected chi connectivity index (χ1v) is 17.5. The van der Waals surface area contributed by atoms with Crippen molar-refractivity contribution < 1.29 is 53.3 Å². The fourth-order valence-electron chi connectivity index (χ4n) is 6.05. The standard InChI is InChI=1S/C31H37N7O10S2/c1-31(2,29(45)46)48-36-21(18-15-50-30(32)34-18)26(43)35-22-27(44)37-19(13-39)16(14-49-28(22)37)12-38(9-4-5-10-38)11-8-33-25(42)17-6-7-20(40)23(41)24(17)47-3/h6-7,13,15,22,28H,4-5,8-12,14H2,1-3H3,(H6-,32,33,34,35,36,40,41,42,43,45,46)/p+1/t22-,28-/m1/s1. The second-order valence-electron chi connectivity index (χ2n) is 12.5. The van der Waals surface area contributed by atoms with Gasteiger partial charge in [-0.2, -0.15) is 0 Å². The van der Waals surface area contributed by atoms with Crippen LogP contribution in [0.1, 0.15) is 42.7 Å². The summed E-state index contributed by atoms with van der Waals surface area (Å²) in [5.74, 6) is -3.78. The number of hydrogen-bond acceptors (Lipinski definition) is 14. The average molecular weight is 733 g/mol. The van der Waals surface area contributed by atoms with Gasteiger partial charge in [-0.05, 0) is 26.0 Å². The number of thioether (sulfide) groups is 1. The molecule has 0 radical (unpaired) electrons. The average Bonchev–Trinajstić information content (AvgIpc) is 3.73. The van der Waals surface area contributed by atoms with E-state index >= 15 is 0 Å². The van der Waals surface area contributed by atoms with Crippen molar-refractivity contribution in [3.63, 3.8) is 0 Å². The number of carboxylic acids is 1. The summed E-state index contributed by atoms with van der Waals surface area (Å²) < 4.78 is 5.70. The van der Waals surface area contributed by atoms with Crippen LogP contribution in [0.25, 0.3) is 0 Å². The van der Waals surface area contributed by atoms with Gasteiger partial charge in [0.25, 0.3) is 17.7 Å². The van der Waals surface area contributed by atoms with Gasteiger partial charge in [0, 0.05) is 29.5 Å². The van der Waals surface area contributed by atoms with Crippen molar-refractivity contribution in [1.82, 2.24) is 20.5 Å².